The molecule has 0 heterocycles. The Kier molecular flexibility index (Phi) is 9.90. The van der Waals surface area contributed by atoms with E-state index < -0.39 is 11.9 Å². The third-order valence-corrected chi connectivity index (χ3v) is 6.58. The van der Waals surface area contributed by atoms with Gasteiger partial charge in [0.1, 0.15) is 12.4 Å². The number of hydrazone groups is 1. The summed E-state index contributed by atoms with van der Waals surface area (Å²) in [7, 11) is 1.43. The van der Waals surface area contributed by atoms with Crippen molar-refractivity contribution in [3.05, 3.63) is 121 Å². The summed E-state index contributed by atoms with van der Waals surface area (Å²) in [4.78, 5) is 25.0. The van der Waals surface area contributed by atoms with Crippen LogP contribution < -0.4 is 19.6 Å². The second-order valence-corrected chi connectivity index (χ2v) is 9.86. The topological polar surface area (TPSA) is 86.2 Å². The van der Waals surface area contributed by atoms with E-state index in [1.54, 1.807) is 60.7 Å². The van der Waals surface area contributed by atoms with E-state index in [2.05, 4.69) is 10.5 Å². The first-order valence-corrected chi connectivity index (χ1v) is 13.1. The molecule has 0 aliphatic heterocycles. The Morgan fingerprint density at radius 1 is 0.825 bits per heavy atom. The van der Waals surface area contributed by atoms with Gasteiger partial charge in [0.2, 0.25) is 0 Å². The number of nitrogens with one attached hydrogen (secondary N) is 1. The van der Waals surface area contributed by atoms with Gasteiger partial charge in [-0.2, -0.15) is 5.10 Å². The summed E-state index contributed by atoms with van der Waals surface area (Å²) in [5.74, 6) is -0.0541. The molecule has 0 aromatic heterocycles. The van der Waals surface area contributed by atoms with Gasteiger partial charge in [0.15, 0.2) is 11.5 Å². The Morgan fingerprint density at radius 2 is 1.52 bits per heavy atom. The van der Waals surface area contributed by atoms with E-state index in [9.17, 15) is 9.59 Å². The van der Waals surface area contributed by atoms with Gasteiger partial charge < -0.3 is 14.2 Å². The van der Waals surface area contributed by atoms with Gasteiger partial charge in [0, 0.05) is 26.2 Å². The van der Waals surface area contributed by atoms with Crippen LogP contribution in [0, 0.1) is 0 Å². The molecule has 0 atom stereocenters. The molecule has 1 N–H and O–H groups in total. The molecule has 4 aromatic carbocycles. The van der Waals surface area contributed by atoms with E-state index in [0.29, 0.717) is 31.9 Å². The molecule has 0 unspecified atom stereocenters. The van der Waals surface area contributed by atoms with Crippen molar-refractivity contribution in [2.45, 2.75) is 6.61 Å². The number of halogens is 4. The molecule has 0 fully saturated rings. The van der Waals surface area contributed by atoms with Crippen LogP contribution in [-0.2, 0) is 6.61 Å². The van der Waals surface area contributed by atoms with Crippen molar-refractivity contribution >= 4 is 64.5 Å². The molecule has 0 radical (unpaired) electrons. The van der Waals surface area contributed by atoms with E-state index in [4.69, 9.17) is 60.6 Å². The summed E-state index contributed by atoms with van der Waals surface area (Å²) in [5.41, 5.74) is 4.38. The second kappa shape index (κ2) is 13.5. The molecule has 0 saturated heterocycles. The van der Waals surface area contributed by atoms with Crippen molar-refractivity contribution < 1.29 is 23.8 Å². The average molecular weight is 618 g/mol. The van der Waals surface area contributed by atoms with Crippen LogP contribution in [0.15, 0.2) is 84.0 Å². The van der Waals surface area contributed by atoms with Gasteiger partial charge in [-0.25, -0.2) is 10.2 Å². The lowest BCUT2D eigenvalue weighted by Crippen LogP contribution is -2.17. The highest BCUT2D eigenvalue weighted by Crippen LogP contribution is 2.30. The Balaban J connectivity index is 1.33. The SMILES string of the molecule is COc1cc(/C=N/NC(=O)c2ccc(OCc3ccc(Cl)cc3Cl)cc2)ccc1OC(=O)c1ccc(Cl)cc1Cl. The average Bonchev–Trinajstić information content (AvgIpc) is 2.93. The third-order valence-electron chi connectivity index (χ3n) is 5.45. The second-order valence-electron chi connectivity index (χ2n) is 8.17. The van der Waals surface area contributed by atoms with E-state index in [-0.39, 0.29) is 28.7 Å². The Morgan fingerprint density at radius 3 is 2.20 bits per heavy atom. The minimum Gasteiger partial charge on any atom is -0.493 e. The molecule has 40 heavy (non-hydrogen) atoms. The fourth-order valence-electron chi connectivity index (χ4n) is 3.39. The van der Waals surface area contributed by atoms with Crippen molar-refractivity contribution in [1.82, 2.24) is 5.43 Å². The molecule has 4 aromatic rings. The number of ether oxygens (including phenoxy) is 3. The Labute approximate surface area is 250 Å². The molecular weight excluding hydrogens is 598 g/mol. The lowest BCUT2D eigenvalue weighted by Gasteiger charge is -2.10. The number of amides is 1. The highest BCUT2D eigenvalue weighted by Gasteiger charge is 2.16. The number of hydrogen-bond donors (Lipinski definition) is 1. The highest BCUT2D eigenvalue weighted by molar-refractivity contribution is 6.36. The van der Waals surface area contributed by atoms with Crippen LogP contribution in [0.5, 0.6) is 17.2 Å². The van der Waals surface area contributed by atoms with Crippen molar-refractivity contribution in [2.24, 2.45) is 5.10 Å². The van der Waals surface area contributed by atoms with Gasteiger partial charge in [-0.3, -0.25) is 4.79 Å². The number of rotatable bonds is 9. The molecule has 7 nitrogen and oxygen atoms in total. The minimum atomic E-state index is -0.668. The lowest BCUT2D eigenvalue weighted by molar-refractivity contribution is 0.0729. The monoisotopic (exact) mass is 616 g/mol. The van der Waals surface area contributed by atoms with Crippen molar-refractivity contribution in [1.29, 1.82) is 0 Å². The van der Waals surface area contributed by atoms with Crippen LogP contribution in [-0.4, -0.2) is 25.2 Å². The number of carbonyl (C=O) groups is 2. The fourth-order valence-corrected chi connectivity index (χ4v) is 4.34. The number of carbonyl (C=O) groups excluding carboxylic acids is 2. The minimum absolute atomic E-state index is 0.159. The summed E-state index contributed by atoms with van der Waals surface area (Å²) in [6.45, 7) is 0.252. The number of hydrogen-bond acceptors (Lipinski definition) is 6. The van der Waals surface area contributed by atoms with Crippen LogP contribution in [0.2, 0.25) is 20.1 Å². The predicted molar refractivity (Wildman–Crippen MR) is 157 cm³/mol. The number of methoxy groups -OCH3 is 1. The summed E-state index contributed by atoms with van der Waals surface area (Å²) in [5, 5.41) is 5.62. The van der Waals surface area contributed by atoms with Crippen LogP contribution in [0.25, 0.3) is 0 Å². The van der Waals surface area contributed by atoms with Crippen molar-refractivity contribution in [2.75, 3.05) is 7.11 Å². The number of nitrogens with zero attached hydrogens (tertiary/aromatic N) is 1. The maximum absolute atomic E-state index is 12.5. The lowest BCUT2D eigenvalue weighted by atomic mass is 10.2. The maximum atomic E-state index is 12.5. The largest absolute Gasteiger partial charge is 0.493 e. The van der Waals surface area contributed by atoms with Gasteiger partial charge in [-0.15, -0.1) is 0 Å². The van der Waals surface area contributed by atoms with Gasteiger partial charge >= 0.3 is 5.97 Å². The quantitative estimate of drug-likeness (QED) is 0.0894. The first kappa shape index (κ1) is 29.2. The summed E-state index contributed by atoms with van der Waals surface area (Å²) >= 11 is 24.1. The van der Waals surface area contributed by atoms with E-state index in [0.717, 1.165) is 5.56 Å². The molecule has 1 amide bonds. The van der Waals surface area contributed by atoms with E-state index in [1.165, 1.54) is 31.5 Å². The molecule has 0 saturated carbocycles. The van der Waals surface area contributed by atoms with Crippen LogP contribution in [0.3, 0.4) is 0 Å². The molecule has 0 aliphatic rings. The van der Waals surface area contributed by atoms with Crippen LogP contribution in [0.4, 0.5) is 0 Å². The molecular formula is C29H20Cl4N2O5. The smallest absolute Gasteiger partial charge is 0.345 e. The van der Waals surface area contributed by atoms with Gasteiger partial charge in [0.05, 0.1) is 23.9 Å². The zero-order valence-electron chi connectivity index (χ0n) is 20.8. The van der Waals surface area contributed by atoms with Crippen LogP contribution >= 0.6 is 46.4 Å². The van der Waals surface area contributed by atoms with Crippen molar-refractivity contribution in [3.8, 4) is 17.2 Å². The molecule has 0 bridgehead atoms. The van der Waals surface area contributed by atoms with Gasteiger partial charge in [-0.05, 0) is 78.4 Å². The zero-order chi connectivity index (χ0) is 28.6. The number of benzene rings is 4. The standard InChI is InChI=1S/C29H20Cl4N2O5/c1-38-27-12-17(2-11-26(27)40-29(37)23-10-7-21(31)14-25(23)33)15-34-35-28(36)18-4-8-22(9-5-18)39-16-19-3-6-20(30)13-24(19)32/h2-15H,16H2,1H3,(H,35,36)/b34-15+. The van der Waals surface area contributed by atoms with E-state index >= 15 is 0 Å². The molecule has 4 rings (SSSR count). The molecule has 11 heteroatoms. The summed E-state index contributed by atoms with van der Waals surface area (Å²) < 4.78 is 16.5. The molecule has 204 valence electrons. The van der Waals surface area contributed by atoms with E-state index in [1.807, 2.05) is 0 Å². The zero-order valence-corrected chi connectivity index (χ0v) is 23.8. The molecule has 0 spiro atoms. The molecule has 0 aliphatic carbocycles. The highest BCUT2D eigenvalue weighted by atomic mass is 35.5. The third kappa shape index (κ3) is 7.67. The van der Waals surface area contributed by atoms with Gasteiger partial charge in [0.25, 0.3) is 5.91 Å². The van der Waals surface area contributed by atoms with Crippen molar-refractivity contribution in [3.63, 3.8) is 0 Å². The number of esters is 1. The normalized spacial score (nSPS) is 10.8. The fraction of sp³-hybridized carbons (Fsp3) is 0.0690. The summed E-state index contributed by atoms with van der Waals surface area (Å²) in [6.07, 6.45) is 1.43. The first-order chi connectivity index (χ1) is 19.2. The summed E-state index contributed by atoms with van der Waals surface area (Å²) in [6, 6.07) is 21.0. The Hall–Kier alpha value is -3.75. The first-order valence-electron chi connectivity index (χ1n) is 11.6. The van der Waals surface area contributed by atoms with Crippen LogP contribution in [0.1, 0.15) is 31.8 Å². The predicted octanol–water partition coefficient (Wildman–Crippen LogP) is 7.87. The Bertz CT molecular complexity index is 1580. The maximum Gasteiger partial charge on any atom is 0.345 e. The van der Waals surface area contributed by atoms with Gasteiger partial charge in [-0.1, -0.05) is 52.5 Å².